The van der Waals surface area contributed by atoms with Crippen LogP contribution in [0.1, 0.15) is 23.0 Å². The van der Waals surface area contributed by atoms with E-state index in [2.05, 4.69) is 15.2 Å². The number of imidazole rings is 1. The van der Waals surface area contributed by atoms with Crippen LogP contribution in [0.2, 0.25) is 5.02 Å². The highest BCUT2D eigenvalue weighted by Crippen LogP contribution is 2.29. The highest BCUT2D eigenvalue weighted by molar-refractivity contribution is 6.31. The lowest BCUT2D eigenvalue weighted by Gasteiger charge is -2.02. The number of esters is 1. The molecule has 0 atom stereocenters. The predicted octanol–water partition coefficient (Wildman–Crippen LogP) is 4.89. The highest BCUT2D eigenvalue weighted by atomic mass is 35.5. The summed E-state index contributed by atoms with van der Waals surface area (Å²) in [5.74, 6) is -0.207. The summed E-state index contributed by atoms with van der Waals surface area (Å²) >= 11 is 6.10. The average molecular weight is 343 g/mol. The van der Waals surface area contributed by atoms with Crippen LogP contribution in [0.4, 0.5) is 11.5 Å². The van der Waals surface area contributed by atoms with E-state index in [-0.39, 0.29) is 12.3 Å². The number of aromatic nitrogens is 2. The first kappa shape index (κ1) is 16.1. The van der Waals surface area contributed by atoms with Gasteiger partial charge in [-0.25, -0.2) is 9.78 Å². The second-order valence-electron chi connectivity index (χ2n) is 5.02. The lowest BCUT2D eigenvalue weighted by molar-refractivity contribution is 0.0521. The molecule has 0 saturated carbocycles. The summed E-state index contributed by atoms with van der Waals surface area (Å²) in [6.45, 7) is 3.86. The lowest BCUT2D eigenvalue weighted by Crippen LogP contribution is -2.05. The minimum Gasteiger partial charge on any atom is -0.461 e. The van der Waals surface area contributed by atoms with Crippen molar-refractivity contribution in [3.8, 4) is 0 Å². The molecule has 0 fully saturated rings. The van der Waals surface area contributed by atoms with Crippen molar-refractivity contribution in [2.24, 2.45) is 10.2 Å². The van der Waals surface area contributed by atoms with Gasteiger partial charge >= 0.3 is 5.97 Å². The fraction of sp³-hybridized carbons (Fsp3) is 0.176. The molecule has 122 valence electrons. The molecule has 2 heterocycles. The van der Waals surface area contributed by atoms with Gasteiger partial charge in [-0.15, -0.1) is 10.2 Å². The third-order valence-electron chi connectivity index (χ3n) is 3.47. The van der Waals surface area contributed by atoms with E-state index in [0.29, 0.717) is 22.2 Å². The number of halogens is 1. The maximum Gasteiger partial charge on any atom is 0.360 e. The number of pyridine rings is 1. The number of carbonyl (C=O) groups is 1. The van der Waals surface area contributed by atoms with Gasteiger partial charge in [-0.3, -0.25) is 4.40 Å². The van der Waals surface area contributed by atoms with Crippen LogP contribution in [0.25, 0.3) is 5.65 Å². The highest BCUT2D eigenvalue weighted by Gasteiger charge is 2.20. The first-order chi connectivity index (χ1) is 11.6. The molecule has 0 unspecified atom stereocenters. The predicted molar refractivity (Wildman–Crippen MR) is 91.5 cm³/mol. The van der Waals surface area contributed by atoms with E-state index >= 15 is 0 Å². The van der Waals surface area contributed by atoms with E-state index in [4.69, 9.17) is 16.3 Å². The minimum absolute atomic E-state index is 0.131. The molecule has 3 rings (SSSR count). The van der Waals surface area contributed by atoms with Crippen LogP contribution in [0, 0.1) is 6.92 Å². The van der Waals surface area contributed by atoms with E-state index in [1.807, 2.05) is 19.1 Å². The molecule has 0 bridgehead atoms. The fourth-order valence-corrected chi connectivity index (χ4v) is 2.39. The smallest absolute Gasteiger partial charge is 0.360 e. The molecule has 2 aromatic heterocycles. The summed E-state index contributed by atoms with van der Waals surface area (Å²) in [5.41, 5.74) is 2.17. The number of nitrogens with zero attached hydrogens (tertiary/aromatic N) is 4. The Kier molecular flexibility index (Phi) is 4.57. The Morgan fingerprint density at radius 1 is 1.25 bits per heavy atom. The zero-order valence-electron chi connectivity index (χ0n) is 13.2. The molecule has 0 aliphatic carbocycles. The summed E-state index contributed by atoms with van der Waals surface area (Å²) < 4.78 is 6.75. The van der Waals surface area contributed by atoms with Gasteiger partial charge in [-0.2, -0.15) is 0 Å². The number of benzene rings is 1. The first-order valence-corrected chi connectivity index (χ1v) is 7.80. The molecule has 0 radical (unpaired) electrons. The van der Waals surface area contributed by atoms with Crippen molar-refractivity contribution in [2.75, 3.05) is 6.61 Å². The Hall–Kier alpha value is -2.73. The molecule has 0 saturated heterocycles. The van der Waals surface area contributed by atoms with E-state index in [0.717, 1.165) is 5.56 Å². The SMILES string of the molecule is CCOC(=O)c1nc2ccccn2c1N=Nc1cccc(Cl)c1C. The molecular weight excluding hydrogens is 328 g/mol. The normalized spacial score (nSPS) is 11.3. The van der Waals surface area contributed by atoms with Crippen LogP contribution < -0.4 is 0 Å². The molecule has 0 N–H and O–H groups in total. The van der Waals surface area contributed by atoms with Gasteiger partial charge in [0.15, 0.2) is 11.5 Å². The monoisotopic (exact) mass is 342 g/mol. The van der Waals surface area contributed by atoms with Gasteiger partial charge in [0.25, 0.3) is 0 Å². The van der Waals surface area contributed by atoms with E-state index in [9.17, 15) is 4.79 Å². The average Bonchev–Trinajstić information content (AvgIpc) is 2.95. The molecule has 0 amide bonds. The second kappa shape index (κ2) is 6.80. The Bertz CT molecular complexity index is 933. The van der Waals surface area contributed by atoms with Gasteiger partial charge in [0.1, 0.15) is 5.65 Å². The summed E-state index contributed by atoms with van der Waals surface area (Å²) in [5, 5.41) is 9.08. The van der Waals surface area contributed by atoms with Crippen LogP contribution in [0.5, 0.6) is 0 Å². The number of hydrogen-bond donors (Lipinski definition) is 0. The molecule has 0 aliphatic heterocycles. The Morgan fingerprint density at radius 3 is 2.88 bits per heavy atom. The number of hydrogen-bond acceptors (Lipinski definition) is 5. The summed E-state index contributed by atoms with van der Waals surface area (Å²) in [6, 6.07) is 10.8. The summed E-state index contributed by atoms with van der Waals surface area (Å²) in [6.07, 6.45) is 1.77. The van der Waals surface area contributed by atoms with Crippen molar-refractivity contribution in [1.29, 1.82) is 0 Å². The number of fused-ring (bicyclic) bond motifs is 1. The summed E-state index contributed by atoms with van der Waals surface area (Å²) in [4.78, 5) is 16.4. The molecule has 0 spiro atoms. The van der Waals surface area contributed by atoms with E-state index < -0.39 is 5.97 Å². The van der Waals surface area contributed by atoms with E-state index in [1.54, 1.807) is 41.8 Å². The number of ether oxygens (including phenoxy) is 1. The first-order valence-electron chi connectivity index (χ1n) is 7.43. The second-order valence-corrected chi connectivity index (χ2v) is 5.42. The third-order valence-corrected chi connectivity index (χ3v) is 3.87. The van der Waals surface area contributed by atoms with Crippen LogP contribution in [-0.4, -0.2) is 22.0 Å². The van der Waals surface area contributed by atoms with Gasteiger partial charge in [-0.1, -0.05) is 23.7 Å². The van der Waals surface area contributed by atoms with E-state index in [1.165, 1.54) is 0 Å². The molecular formula is C17H15ClN4O2. The van der Waals surface area contributed by atoms with Crippen molar-refractivity contribution in [3.63, 3.8) is 0 Å². The number of azo groups is 1. The van der Waals surface area contributed by atoms with Gasteiger partial charge < -0.3 is 4.74 Å². The lowest BCUT2D eigenvalue weighted by atomic mass is 10.2. The van der Waals surface area contributed by atoms with Crippen molar-refractivity contribution in [3.05, 3.63) is 58.9 Å². The Morgan fingerprint density at radius 2 is 2.08 bits per heavy atom. The molecule has 6 nitrogen and oxygen atoms in total. The van der Waals surface area contributed by atoms with Crippen LogP contribution in [0.15, 0.2) is 52.8 Å². The summed E-state index contributed by atoms with van der Waals surface area (Å²) in [7, 11) is 0. The Balaban J connectivity index is 2.10. The topological polar surface area (TPSA) is 68.3 Å². The van der Waals surface area contributed by atoms with Gasteiger partial charge in [-0.05, 0) is 43.7 Å². The molecule has 24 heavy (non-hydrogen) atoms. The molecule has 1 aromatic carbocycles. The Labute approximate surface area is 143 Å². The van der Waals surface area contributed by atoms with Crippen LogP contribution in [-0.2, 0) is 4.74 Å². The van der Waals surface area contributed by atoms with Crippen molar-refractivity contribution < 1.29 is 9.53 Å². The minimum atomic E-state index is -0.530. The molecule has 0 aliphatic rings. The number of carbonyl (C=O) groups excluding carboxylic acids is 1. The van der Waals surface area contributed by atoms with Crippen LogP contribution >= 0.6 is 11.6 Å². The largest absolute Gasteiger partial charge is 0.461 e. The fourth-order valence-electron chi connectivity index (χ4n) is 2.22. The van der Waals surface area contributed by atoms with Crippen LogP contribution in [0.3, 0.4) is 0 Å². The van der Waals surface area contributed by atoms with Gasteiger partial charge in [0.2, 0.25) is 0 Å². The zero-order valence-corrected chi connectivity index (χ0v) is 14.0. The van der Waals surface area contributed by atoms with Crippen molar-refractivity contribution >= 4 is 34.7 Å². The van der Waals surface area contributed by atoms with Crippen molar-refractivity contribution in [2.45, 2.75) is 13.8 Å². The zero-order chi connectivity index (χ0) is 17.1. The quantitative estimate of drug-likeness (QED) is 0.500. The standard InChI is InChI=1S/C17H15ClN4O2/c1-3-24-17(23)15-16(22-10-5-4-9-14(22)19-15)21-20-13-8-6-7-12(18)11(13)2/h4-10H,3H2,1-2H3. The van der Waals surface area contributed by atoms with Crippen molar-refractivity contribution in [1.82, 2.24) is 9.38 Å². The van der Waals surface area contributed by atoms with Gasteiger partial charge in [0.05, 0.1) is 12.3 Å². The maximum absolute atomic E-state index is 12.1. The maximum atomic E-state index is 12.1. The molecule has 7 heteroatoms. The molecule has 3 aromatic rings. The third kappa shape index (κ3) is 3.00. The van der Waals surface area contributed by atoms with Gasteiger partial charge in [0, 0.05) is 11.2 Å². The number of rotatable bonds is 4.